The van der Waals surface area contributed by atoms with E-state index in [0.717, 1.165) is 36.7 Å². The second kappa shape index (κ2) is 8.23. The number of carboxylic acids is 1. The molecule has 4 nitrogen and oxygen atoms in total. The lowest BCUT2D eigenvalue weighted by molar-refractivity contribution is -0.793. The molecule has 0 saturated carbocycles. The quantitative estimate of drug-likeness (QED) is 0.567. The van der Waals surface area contributed by atoms with Gasteiger partial charge in [-0.15, -0.1) is 0 Å². The number of carboxylic acid groups (broad SMARTS) is 1. The average Bonchev–Trinajstić information content (AvgIpc) is 2.70. The molecule has 0 amide bonds. The molecule has 98 valence electrons. The second-order valence-corrected chi connectivity index (χ2v) is 4.75. The normalized spacial score (nSPS) is 19.4. The summed E-state index contributed by atoms with van der Waals surface area (Å²) < 4.78 is 0. The van der Waals surface area contributed by atoms with Crippen molar-refractivity contribution in [1.82, 2.24) is 0 Å². The first-order valence-electron chi connectivity index (χ1n) is 6.82. The van der Waals surface area contributed by atoms with E-state index in [1.54, 1.807) is 0 Å². The SMILES string of the molecule is CCCCCCCCC1=NCC[NH+]1CC(=O)[O-]. The monoisotopic (exact) mass is 240 g/mol. The maximum absolute atomic E-state index is 10.6. The van der Waals surface area contributed by atoms with Crippen molar-refractivity contribution in [3.63, 3.8) is 0 Å². The molecule has 1 unspecified atom stereocenters. The molecule has 1 aliphatic heterocycles. The molecule has 0 radical (unpaired) electrons. The zero-order chi connectivity index (χ0) is 12.5. The van der Waals surface area contributed by atoms with E-state index in [9.17, 15) is 9.90 Å². The van der Waals surface area contributed by atoms with Gasteiger partial charge in [-0.1, -0.05) is 39.0 Å². The number of unbranched alkanes of at least 4 members (excludes halogenated alkanes) is 5. The van der Waals surface area contributed by atoms with Crippen molar-refractivity contribution in [1.29, 1.82) is 0 Å². The number of nitrogens with zero attached hydrogens (tertiary/aromatic N) is 1. The number of amidine groups is 1. The molecule has 0 saturated heterocycles. The van der Waals surface area contributed by atoms with E-state index in [0.29, 0.717) is 0 Å². The Balaban J connectivity index is 2.11. The Kier molecular flexibility index (Phi) is 6.86. The lowest BCUT2D eigenvalue weighted by atomic mass is 10.1. The van der Waals surface area contributed by atoms with Crippen LogP contribution in [0.4, 0.5) is 0 Å². The molecule has 0 aliphatic carbocycles. The standard InChI is InChI=1S/C13H24N2O2/c1-2-3-4-5-6-7-8-12-14-9-10-15(12)11-13(16)17/h2-11H2,1H3,(H,16,17). The van der Waals surface area contributed by atoms with Crippen molar-refractivity contribution >= 4 is 11.8 Å². The molecule has 17 heavy (non-hydrogen) atoms. The number of hydrogen-bond acceptors (Lipinski definition) is 3. The molecule has 1 N–H and O–H groups in total. The van der Waals surface area contributed by atoms with Crippen molar-refractivity contribution in [2.45, 2.75) is 51.9 Å². The Hall–Kier alpha value is -0.900. The number of rotatable bonds is 9. The van der Waals surface area contributed by atoms with Crippen LogP contribution in [0, 0.1) is 0 Å². The van der Waals surface area contributed by atoms with Crippen LogP contribution in [0.1, 0.15) is 51.9 Å². The van der Waals surface area contributed by atoms with Crippen molar-refractivity contribution in [2.75, 3.05) is 19.6 Å². The third kappa shape index (κ3) is 5.82. The van der Waals surface area contributed by atoms with Crippen LogP contribution < -0.4 is 10.0 Å². The van der Waals surface area contributed by atoms with Gasteiger partial charge in [-0.25, -0.2) is 4.99 Å². The largest absolute Gasteiger partial charge is 0.544 e. The van der Waals surface area contributed by atoms with E-state index < -0.39 is 5.97 Å². The smallest absolute Gasteiger partial charge is 0.197 e. The molecular formula is C13H24N2O2. The molecule has 0 aromatic heterocycles. The van der Waals surface area contributed by atoms with E-state index >= 15 is 0 Å². The molecule has 4 heteroatoms. The Bertz CT molecular complexity index is 264. The fourth-order valence-corrected chi connectivity index (χ4v) is 2.28. The predicted molar refractivity (Wildman–Crippen MR) is 66.0 cm³/mol. The fraction of sp³-hybridized carbons (Fsp3) is 0.846. The van der Waals surface area contributed by atoms with E-state index in [1.165, 1.54) is 32.1 Å². The van der Waals surface area contributed by atoms with E-state index in [2.05, 4.69) is 11.9 Å². The zero-order valence-electron chi connectivity index (χ0n) is 10.8. The summed E-state index contributed by atoms with van der Waals surface area (Å²) in [5.41, 5.74) is 0. The van der Waals surface area contributed by atoms with E-state index in [-0.39, 0.29) is 6.54 Å². The number of aliphatic carboxylic acids is 1. The number of hydrogen-bond donors (Lipinski definition) is 1. The summed E-state index contributed by atoms with van der Waals surface area (Å²) in [7, 11) is 0. The summed E-state index contributed by atoms with van der Waals surface area (Å²) in [5.74, 6) is 0.0715. The van der Waals surface area contributed by atoms with E-state index in [1.807, 2.05) is 0 Å². The molecule has 0 aromatic rings. The number of carbonyl (C=O) groups excluding carboxylic acids is 1. The molecule has 0 bridgehead atoms. The highest BCUT2D eigenvalue weighted by Gasteiger charge is 2.21. The summed E-state index contributed by atoms with van der Waals surface area (Å²) >= 11 is 0. The van der Waals surface area contributed by atoms with Crippen LogP contribution in [0.2, 0.25) is 0 Å². The van der Waals surface area contributed by atoms with Crippen molar-refractivity contribution in [3.8, 4) is 0 Å². The molecule has 0 aromatic carbocycles. The van der Waals surface area contributed by atoms with Gasteiger partial charge < -0.3 is 9.90 Å². The highest BCUT2D eigenvalue weighted by Crippen LogP contribution is 2.07. The first-order valence-corrected chi connectivity index (χ1v) is 6.82. The van der Waals surface area contributed by atoms with Crippen molar-refractivity contribution in [3.05, 3.63) is 0 Å². The van der Waals surface area contributed by atoms with Gasteiger partial charge in [0.1, 0.15) is 13.1 Å². The number of quaternary nitrogens is 1. The van der Waals surface area contributed by atoms with Crippen LogP contribution in [0.3, 0.4) is 0 Å². The summed E-state index contributed by atoms with van der Waals surface area (Å²) in [6.07, 6.45) is 8.53. The van der Waals surface area contributed by atoms with Gasteiger partial charge in [0.2, 0.25) is 0 Å². The molecule has 1 aliphatic rings. The van der Waals surface area contributed by atoms with Gasteiger partial charge >= 0.3 is 0 Å². The van der Waals surface area contributed by atoms with Crippen LogP contribution in [-0.2, 0) is 4.79 Å². The minimum atomic E-state index is -0.974. The Morgan fingerprint density at radius 2 is 2.00 bits per heavy atom. The molecular weight excluding hydrogens is 216 g/mol. The lowest BCUT2D eigenvalue weighted by Crippen LogP contribution is -3.14. The van der Waals surface area contributed by atoms with Gasteiger partial charge in [-0.3, -0.25) is 4.90 Å². The number of aliphatic imine (C=N–C) groups is 1. The van der Waals surface area contributed by atoms with Gasteiger partial charge in [0.15, 0.2) is 5.84 Å². The minimum Gasteiger partial charge on any atom is -0.544 e. The van der Waals surface area contributed by atoms with Crippen LogP contribution in [0.5, 0.6) is 0 Å². The van der Waals surface area contributed by atoms with Crippen LogP contribution in [0.15, 0.2) is 4.99 Å². The maximum atomic E-state index is 10.6. The van der Waals surface area contributed by atoms with Crippen LogP contribution >= 0.6 is 0 Å². The third-order valence-corrected chi connectivity index (χ3v) is 3.25. The third-order valence-electron chi connectivity index (χ3n) is 3.25. The number of nitrogens with one attached hydrogen (secondary N) is 1. The summed E-state index contributed by atoms with van der Waals surface area (Å²) in [4.78, 5) is 16.0. The highest BCUT2D eigenvalue weighted by atomic mass is 16.4. The van der Waals surface area contributed by atoms with Gasteiger partial charge in [0.25, 0.3) is 0 Å². The molecule has 0 spiro atoms. The van der Waals surface area contributed by atoms with Crippen molar-refractivity contribution in [2.24, 2.45) is 4.99 Å². The summed E-state index contributed by atoms with van der Waals surface area (Å²) in [6.45, 7) is 3.88. The molecule has 0 fully saturated rings. The maximum Gasteiger partial charge on any atom is 0.197 e. The predicted octanol–water partition coefficient (Wildman–Crippen LogP) is -0.216. The molecule has 1 heterocycles. The fourth-order valence-electron chi connectivity index (χ4n) is 2.28. The van der Waals surface area contributed by atoms with E-state index in [4.69, 9.17) is 0 Å². The highest BCUT2D eigenvalue weighted by molar-refractivity contribution is 5.77. The summed E-state index contributed by atoms with van der Waals surface area (Å²) in [6, 6.07) is 0. The Morgan fingerprint density at radius 3 is 2.71 bits per heavy atom. The lowest BCUT2D eigenvalue weighted by Gasteiger charge is -2.14. The van der Waals surface area contributed by atoms with Gasteiger partial charge in [0, 0.05) is 6.42 Å². The van der Waals surface area contributed by atoms with Gasteiger partial charge in [-0.2, -0.15) is 0 Å². The van der Waals surface area contributed by atoms with Crippen molar-refractivity contribution < 1.29 is 14.8 Å². The minimum absolute atomic E-state index is 0.0780. The molecule has 1 rings (SSSR count). The average molecular weight is 240 g/mol. The van der Waals surface area contributed by atoms with Gasteiger partial charge in [0.05, 0.1) is 12.5 Å². The number of carbonyl (C=O) groups is 1. The first-order chi connectivity index (χ1) is 8.24. The zero-order valence-corrected chi connectivity index (χ0v) is 10.8. The first kappa shape index (κ1) is 14.2. The second-order valence-electron chi connectivity index (χ2n) is 4.75. The van der Waals surface area contributed by atoms with Crippen LogP contribution in [-0.4, -0.2) is 31.4 Å². The molecule has 1 atom stereocenters. The van der Waals surface area contributed by atoms with Crippen LogP contribution in [0.25, 0.3) is 0 Å². The Labute approximate surface area is 104 Å². The Morgan fingerprint density at radius 1 is 1.29 bits per heavy atom. The topological polar surface area (TPSA) is 56.9 Å². The summed E-state index contributed by atoms with van der Waals surface area (Å²) in [5, 5.41) is 10.6. The van der Waals surface area contributed by atoms with Gasteiger partial charge in [-0.05, 0) is 6.42 Å².